The van der Waals surface area contributed by atoms with Crippen molar-refractivity contribution < 1.29 is 13.3 Å². The van der Waals surface area contributed by atoms with Crippen molar-refractivity contribution in [2.45, 2.75) is 35.0 Å². The minimum Gasteiger partial charge on any atom is -0.258 e. The maximum atomic E-state index is 12.3. The number of hydrogen-bond acceptors (Lipinski definition) is 4. The van der Waals surface area contributed by atoms with Gasteiger partial charge in [-0.3, -0.25) is 10.1 Å². The molecule has 9 heteroatoms. The summed E-state index contributed by atoms with van der Waals surface area (Å²) < 4.78 is 27.1. The fourth-order valence-electron chi connectivity index (χ4n) is 2.12. The van der Waals surface area contributed by atoms with E-state index in [1.54, 1.807) is 0 Å². The van der Waals surface area contributed by atoms with Gasteiger partial charge in [-0.05, 0) is 18.9 Å². The first-order valence-electron chi connectivity index (χ1n) is 5.91. The molecule has 6 nitrogen and oxygen atoms in total. The number of sulfonamides is 1. The molecule has 0 bridgehead atoms. The largest absolute Gasteiger partial charge is 0.270 e. The highest BCUT2D eigenvalue weighted by atomic mass is 79.9. The van der Waals surface area contributed by atoms with E-state index < -0.39 is 14.9 Å². The van der Waals surface area contributed by atoms with Crippen LogP contribution < -0.4 is 4.72 Å². The molecule has 1 N–H and O–H groups in total. The van der Waals surface area contributed by atoms with Crippen molar-refractivity contribution in [1.82, 2.24) is 4.72 Å². The molecule has 1 aliphatic rings. The minimum atomic E-state index is -3.88. The molecule has 0 spiro atoms. The lowest BCUT2D eigenvalue weighted by molar-refractivity contribution is -0.385. The second-order valence-corrected chi connectivity index (χ2v) is 7.81. The summed E-state index contributed by atoms with van der Waals surface area (Å²) in [5, 5.41) is 10.7. The molecule has 0 aliphatic heterocycles. The fraction of sp³-hybridized carbons (Fsp3) is 0.455. The summed E-state index contributed by atoms with van der Waals surface area (Å²) in [5.41, 5.74) is -0.309. The first kappa shape index (κ1) is 15.7. The first-order valence-corrected chi connectivity index (χ1v) is 8.69. The molecule has 1 aromatic rings. The van der Waals surface area contributed by atoms with E-state index in [0.29, 0.717) is 0 Å². The van der Waals surface area contributed by atoms with Crippen LogP contribution in [0.4, 0.5) is 5.69 Å². The second kappa shape index (κ2) is 5.97. The monoisotopic (exact) mass is 382 g/mol. The van der Waals surface area contributed by atoms with Crippen LogP contribution >= 0.6 is 27.5 Å². The fourth-order valence-corrected chi connectivity index (χ4v) is 4.85. The Labute approximate surface area is 129 Å². The van der Waals surface area contributed by atoms with E-state index in [1.807, 2.05) is 0 Å². The predicted octanol–water partition coefficient (Wildman–Crippen LogP) is 2.84. The molecule has 1 saturated carbocycles. The van der Waals surface area contributed by atoms with Gasteiger partial charge in [0.05, 0.1) is 9.95 Å². The van der Waals surface area contributed by atoms with Crippen molar-refractivity contribution in [1.29, 1.82) is 0 Å². The van der Waals surface area contributed by atoms with E-state index in [-0.39, 0.29) is 26.5 Å². The van der Waals surface area contributed by atoms with Crippen molar-refractivity contribution in [3.05, 3.63) is 33.3 Å². The summed E-state index contributed by atoms with van der Waals surface area (Å²) in [4.78, 5) is 9.87. The Morgan fingerprint density at radius 3 is 2.65 bits per heavy atom. The van der Waals surface area contributed by atoms with Gasteiger partial charge in [-0.1, -0.05) is 34.0 Å². The SMILES string of the molecule is O=[N+]([O-])c1ccc(Cl)c(S(=O)(=O)NC2CCCC2Br)c1. The number of non-ortho nitro benzene ring substituents is 1. The number of nitrogens with zero attached hydrogens (tertiary/aromatic N) is 1. The lowest BCUT2D eigenvalue weighted by atomic mass is 10.3. The summed E-state index contributed by atoms with van der Waals surface area (Å²) in [6.07, 6.45) is 2.53. The van der Waals surface area contributed by atoms with Gasteiger partial charge in [0.1, 0.15) is 4.90 Å². The van der Waals surface area contributed by atoms with E-state index >= 15 is 0 Å². The van der Waals surface area contributed by atoms with Crippen molar-refractivity contribution >= 4 is 43.2 Å². The van der Waals surface area contributed by atoms with E-state index in [1.165, 1.54) is 12.1 Å². The lowest BCUT2D eigenvalue weighted by Crippen LogP contribution is -2.37. The van der Waals surface area contributed by atoms with E-state index in [0.717, 1.165) is 25.3 Å². The predicted molar refractivity (Wildman–Crippen MR) is 78.8 cm³/mol. The Balaban J connectivity index is 2.33. The third kappa shape index (κ3) is 3.30. The zero-order valence-electron chi connectivity index (χ0n) is 10.3. The molecular weight excluding hydrogens is 372 g/mol. The van der Waals surface area contributed by atoms with Crippen molar-refractivity contribution in [3.8, 4) is 0 Å². The smallest absolute Gasteiger partial charge is 0.258 e. The highest BCUT2D eigenvalue weighted by Crippen LogP contribution is 2.30. The third-order valence-corrected chi connectivity index (χ3v) is 6.22. The maximum Gasteiger partial charge on any atom is 0.270 e. The zero-order valence-corrected chi connectivity index (χ0v) is 13.4. The highest BCUT2D eigenvalue weighted by molar-refractivity contribution is 9.09. The molecule has 0 radical (unpaired) electrons. The van der Waals surface area contributed by atoms with Crippen molar-refractivity contribution in [3.63, 3.8) is 0 Å². The van der Waals surface area contributed by atoms with Crippen LogP contribution in [-0.2, 0) is 10.0 Å². The molecule has 0 heterocycles. The van der Waals surface area contributed by atoms with Crippen LogP contribution in [0, 0.1) is 10.1 Å². The first-order chi connectivity index (χ1) is 9.31. The molecule has 0 amide bonds. The molecular formula is C11H12BrClN2O4S. The van der Waals surface area contributed by atoms with Gasteiger partial charge in [0, 0.05) is 23.0 Å². The second-order valence-electron chi connectivity index (χ2n) is 4.55. The highest BCUT2D eigenvalue weighted by Gasteiger charge is 2.31. The van der Waals surface area contributed by atoms with Crippen LogP contribution in [0.25, 0.3) is 0 Å². The van der Waals surface area contributed by atoms with Gasteiger partial charge in [-0.2, -0.15) is 0 Å². The number of hydrogen-bond donors (Lipinski definition) is 1. The number of rotatable bonds is 4. The standard InChI is InChI=1S/C11H12BrClN2O4S/c12-8-2-1-3-10(8)14-20(18,19)11-6-7(15(16)17)4-5-9(11)13/h4-6,8,10,14H,1-3H2. The van der Waals surface area contributed by atoms with Gasteiger partial charge >= 0.3 is 0 Å². The normalized spacial score (nSPS) is 22.9. The summed E-state index contributed by atoms with van der Waals surface area (Å²) in [6, 6.07) is 3.14. The van der Waals surface area contributed by atoms with Gasteiger partial charge in [0.15, 0.2) is 0 Å². The maximum absolute atomic E-state index is 12.3. The van der Waals surface area contributed by atoms with Crippen LogP contribution in [-0.4, -0.2) is 24.2 Å². The Kier molecular flexibility index (Phi) is 4.68. The van der Waals surface area contributed by atoms with Crippen LogP contribution in [0.5, 0.6) is 0 Å². The van der Waals surface area contributed by atoms with Crippen molar-refractivity contribution in [2.24, 2.45) is 0 Å². The summed E-state index contributed by atoms with van der Waals surface area (Å²) >= 11 is 9.27. The number of benzene rings is 1. The topological polar surface area (TPSA) is 89.3 Å². The third-order valence-electron chi connectivity index (χ3n) is 3.15. The van der Waals surface area contributed by atoms with Gasteiger partial charge in [-0.15, -0.1) is 0 Å². The van der Waals surface area contributed by atoms with Crippen LogP contribution in [0.15, 0.2) is 23.1 Å². The summed E-state index contributed by atoms with van der Waals surface area (Å²) in [5.74, 6) is 0. The Hall–Kier alpha value is -0.700. The molecule has 0 aromatic heterocycles. The van der Waals surface area contributed by atoms with Gasteiger partial charge in [0.2, 0.25) is 10.0 Å². The van der Waals surface area contributed by atoms with Crippen LogP contribution in [0.1, 0.15) is 19.3 Å². The lowest BCUT2D eigenvalue weighted by Gasteiger charge is -2.16. The van der Waals surface area contributed by atoms with E-state index in [2.05, 4.69) is 20.7 Å². The Morgan fingerprint density at radius 1 is 1.40 bits per heavy atom. The molecule has 2 atom stereocenters. The quantitative estimate of drug-likeness (QED) is 0.492. The van der Waals surface area contributed by atoms with Gasteiger partial charge in [0.25, 0.3) is 5.69 Å². The molecule has 0 saturated heterocycles. The number of nitro groups is 1. The molecule has 1 aliphatic carbocycles. The summed E-state index contributed by atoms with van der Waals surface area (Å²) in [6.45, 7) is 0. The number of nitrogens with one attached hydrogen (secondary N) is 1. The molecule has 1 aromatic carbocycles. The molecule has 2 rings (SSSR count). The molecule has 2 unspecified atom stereocenters. The number of alkyl halides is 1. The molecule has 110 valence electrons. The molecule has 20 heavy (non-hydrogen) atoms. The number of halogens is 2. The van der Waals surface area contributed by atoms with Crippen molar-refractivity contribution in [2.75, 3.05) is 0 Å². The summed E-state index contributed by atoms with van der Waals surface area (Å²) in [7, 11) is -3.88. The van der Waals surface area contributed by atoms with Crippen LogP contribution in [0.3, 0.4) is 0 Å². The minimum absolute atomic E-state index is 0.0350. The van der Waals surface area contributed by atoms with E-state index in [4.69, 9.17) is 11.6 Å². The van der Waals surface area contributed by atoms with Gasteiger partial charge in [-0.25, -0.2) is 13.1 Å². The average molecular weight is 384 g/mol. The van der Waals surface area contributed by atoms with E-state index in [9.17, 15) is 18.5 Å². The van der Waals surface area contributed by atoms with Crippen LogP contribution in [0.2, 0.25) is 5.02 Å². The van der Waals surface area contributed by atoms with Gasteiger partial charge < -0.3 is 0 Å². The molecule has 1 fully saturated rings. The Bertz CT molecular complexity index is 637. The number of nitro benzene ring substituents is 1. The zero-order chi connectivity index (χ0) is 14.9. The average Bonchev–Trinajstić information content (AvgIpc) is 2.74. The Morgan fingerprint density at radius 2 is 2.10 bits per heavy atom.